The summed E-state index contributed by atoms with van der Waals surface area (Å²) in [6, 6.07) is 0. The third-order valence-corrected chi connectivity index (χ3v) is 3.13. The molecule has 0 saturated heterocycles. The van der Waals surface area contributed by atoms with E-state index >= 15 is 0 Å². The van der Waals surface area contributed by atoms with Gasteiger partial charge in [0.1, 0.15) is 0 Å². The van der Waals surface area contributed by atoms with Gasteiger partial charge in [0.2, 0.25) is 0 Å². The summed E-state index contributed by atoms with van der Waals surface area (Å²) in [6.07, 6.45) is 8.87. The number of hydrogen-bond acceptors (Lipinski definition) is 3. The molecule has 4 heteroatoms. The smallest absolute Gasteiger partial charge is 0.0996 e. The van der Waals surface area contributed by atoms with Crippen molar-refractivity contribution in [1.82, 2.24) is 14.4 Å². The van der Waals surface area contributed by atoms with Gasteiger partial charge in [-0.1, -0.05) is 0 Å². The van der Waals surface area contributed by atoms with Crippen molar-refractivity contribution in [2.45, 2.75) is 31.3 Å². The van der Waals surface area contributed by atoms with Gasteiger partial charge in [-0.3, -0.25) is 4.98 Å². The molecule has 2 aromatic rings. The average molecular weight is 203 g/mol. The minimum absolute atomic E-state index is 0.384. The summed E-state index contributed by atoms with van der Waals surface area (Å²) in [5.41, 5.74) is 1.62. The van der Waals surface area contributed by atoms with Gasteiger partial charge in [0.15, 0.2) is 0 Å². The number of imidazole rings is 1. The van der Waals surface area contributed by atoms with Crippen molar-refractivity contribution < 1.29 is 5.11 Å². The molecule has 0 bridgehead atoms. The first-order valence-corrected chi connectivity index (χ1v) is 5.15. The summed E-state index contributed by atoms with van der Waals surface area (Å²) >= 11 is 0. The molecule has 1 aliphatic rings. The highest BCUT2D eigenvalue weighted by Crippen LogP contribution is 2.44. The lowest BCUT2D eigenvalue weighted by Crippen LogP contribution is -2.39. The van der Waals surface area contributed by atoms with Crippen LogP contribution in [0.15, 0.2) is 24.9 Å². The molecule has 0 spiro atoms. The Balaban J connectivity index is 1.99. The Morgan fingerprint density at radius 1 is 1.53 bits per heavy atom. The zero-order chi connectivity index (χ0) is 10.5. The number of hydrogen-bond donors (Lipinski definition) is 1. The monoisotopic (exact) mass is 203 g/mol. The van der Waals surface area contributed by atoms with E-state index < -0.39 is 5.60 Å². The van der Waals surface area contributed by atoms with E-state index in [9.17, 15) is 5.11 Å². The summed E-state index contributed by atoms with van der Waals surface area (Å²) in [7, 11) is 0. The normalized spacial score (nSPS) is 30.4. The molecule has 4 nitrogen and oxygen atoms in total. The zero-order valence-corrected chi connectivity index (χ0v) is 8.59. The summed E-state index contributed by atoms with van der Waals surface area (Å²) in [5.74, 6) is 0.384. The molecule has 15 heavy (non-hydrogen) atoms. The van der Waals surface area contributed by atoms with Gasteiger partial charge in [-0.2, -0.15) is 0 Å². The van der Waals surface area contributed by atoms with E-state index in [-0.39, 0.29) is 0 Å². The van der Waals surface area contributed by atoms with E-state index in [1.54, 1.807) is 12.5 Å². The molecule has 1 aliphatic carbocycles. The van der Waals surface area contributed by atoms with Crippen LogP contribution in [0.1, 0.15) is 31.4 Å². The predicted octanol–water partition coefficient (Wildman–Crippen LogP) is 1.36. The van der Waals surface area contributed by atoms with Crippen molar-refractivity contribution in [2.75, 3.05) is 0 Å². The van der Waals surface area contributed by atoms with Gasteiger partial charge in [0, 0.05) is 18.3 Å². The van der Waals surface area contributed by atoms with E-state index in [0.29, 0.717) is 5.92 Å². The van der Waals surface area contributed by atoms with Crippen molar-refractivity contribution in [1.29, 1.82) is 0 Å². The summed E-state index contributed by atoms with van der Waals surface area (Å²) < 4.78 is 1.97. The second kappa shape index (κ2) is 2.79. The van der Waals surface area contributed by atoms with Crippen LogP contribution in [0.25, 0.3) is 5.52 Å². The quantitative estimate of drug-likeness (QED) is 0.761. The largest absolute Gasteiger partial charge is 0.390 e. The van der Waals surface area contributed by atoms with Crippen molar-refractivity contribution in [3.05, 3.63) is 30.6 Å². The predicted molar refractivity (Wildman–Crippen MR) is 55.6 cm³/mol. The van der Waals surface area contributed by atoms with Gasteiger partial charge >= 0.3 is 0 Å². The second-order valence-corrected chi connectivity index (χ2v) is 4.60. The molecular weight excluding hydrogens is 190 g/mol. The van der Waals surface area contributed by atoms with Crippen LogP contribution >= 0.6 is 0 Å². The van der Waals surface area contributed by atoms with Gasteiger partial charge in [-0.15, -0.1) is 0 Å². The van der Waals surface area contributed by atoms with E-state index in [4.69, 9.17) is 0 Å². The molecule has 2 heterocycles. The second-order valence-electron chi connectivity index (χ2n) is 4.60. The highest BCUT2D eigenvalue weighted by molar-refractivity contribution is 5.52. The van der Waals surface area contributed by atoms with Crippen LogP contribution in [0, 0.1) is 0 Å². The molecule has 0 aromatic carbocycles. The van der Waals surface area contributed by atoms with Crippen LogP contribution in [0.2, 0.25) is 0 Å². The molecule has 1 saturated carbocycles. The maximum absolute atomic E-state index is 9.70. The van der Waals surface area contributed by atoms with Crippen LogP contribution in [-0.2, 0) is 0 Å². The molecule has 0 amide bonds. The fourth-order valence-electron chi connectivity index (χ4n) is 2.37. The van der Waals surface area contributed by atoms with E-state index in [2.05, 4.69) is 9.97 Å². The minimum atomic E-state index is -0.497. The molecule has 0 aliphatic heterocycles. The molecule has 3 rings (SSSR count). The Bertz CT molecular complexity index is 495. The van der Waals surface area contributed by atoms with Gasteiger partial charge in [0.05, 0.1) is 29.3 Å². The SMILES string of the molecule is CC1(O)CC(c2ncn3ccncc23)C1. The third-order valence-electron chi connectivity index (χ3n) is 3.13. The van der Waals surface area contributed by atoms with E-state index in [1.807, 2.05) is 23.7 Å². The van der Waals surface area contributed by atoms with Gasteiger partial charge < -0.3 is 9.51 Å². The Labute approximate surface area is 87.6 Å². The Morgan fingerprint density at radius 2 is 2.33 bits per heavy atom. The maximum Gasteiger partial charge on any atom is 0.0996 e. The number of nitrogens with zero attached hydrogens (tertiary/aromatic N) is 3. The fraction of sp³-hybridized carbons (Fsp3) is 0.455. The number of rotatable bonds is 1. The summed E-state index contributed by atoms with van der Waals surface area (Å²) in [5, 5.41) is 9.70. The Morgan fingerprint density at radius 3 is 3.07 bits per heavy atom. The Kier molecular flexibility index (Phi) is 1.65. The molecule has 1 N–H and O–H groups in total. The molecule has 2 aromatic heterocycles. The van der Waals surface area contributed by atoms with Crippen LogP contribution in [0.3, 0.4) is 0 Å². The molecule has 0 radical (unpaired) electrons. The van der Waals surface area contributed by atoms with Crippen molar-refractivity contribution in [3.8, 4) is 0 Å². The van der Waals surface area contributed by atoms with Gasteiger partial charge in [-0.05, 0) is 19.8 Å². The molecule has 0 unspecified atom stereocenters. The topological polar surface area (TPSA) is 50.4 Å². The van der Waals surface area contributed by atoms with E-state index in [1.165, 1.54) is 0 Å². The minimum Gasteiger partial charge on any atom is -0.390 e. The molecule has 78 valence electrons. The van der Waals surface area contributed by atoms with Crippen LogP contribution in [0.4, 0.5) is 0 Å². The van der Waals surface area contributed by atoms with Crippen molar-refractivity contribution in [3.63, 3.8) is 0 Å². The standard InChI is InChI=1S/C11H13N3O/c1-11(15)4-8(5-11)10-9-6-12-2-3-14(9)7-13-10/h2-3,6-8,15H,4-5H2,1H3. The van der Waals surface area contributed by atoms with E-state index in [0.717, 1.165) is 24.1 Å². The lowest BCUT2D eigenvalue weighted by atomic mass is 9.70. The number of aromatic nitrogens is 3. The molecule has 1 fully saturated rings. The Hall–Kier alpha value is -1.42. The highest BCUT2D eigenvalue weighted by Gasteiger charge is 2.40. The zero-order valence-electron chi connectivity index (χ0n) is 8.59. The average Bonchev–Trinajstić information content (AvgIpc) is 2.57. The maximum atomic E-state index is 9.70. The van der Waals surface area contributed by atoms with Crippen LogP contribution < -0.4 is 0 Å². The first-order chi connectivity index (χ1) is 7.16. The lowest BCUT2D eigenvalue weighted by Gasteiger charge is -2.40. The molecular formula is C11H13N3O. The fourth-order valence-corrected chi connectivity index (χ4v) is 2.37. The van der Waals surface area contributed by atoms with Crippen LogP contribution in [0.5, 0.6) is 0 Å². The van der Waals surface area contributed by atoms with Crippen molar-refractivity contribution in [2.24, 2.45) is 0 Å². The first-order valence-electron chi connectivity index (χ1n) is 5.15. The van der Waals surface area contributed by atoms with Gasteiger partial charge in [0.25, 0.3) is 0 Å². The molecule has 0 atom stereocenters. The summed E-state index contributed by atoms with van der Waals surface area (Å²) in [4.78, 5) is 8.49. The lowest BCUT2D eigenvalue weighted by molar-refractivity contribution is -0.0318. The first kappa shape index (κ1) is 8.85. The van der Waals surface area contributed by atoms with Crippen molar-refractivity contribution >= 4 is 5.52 Å². The number of aliphatic hydroxyl groups is 1. The van der Waals surface area contributed by atoms with Gasteiger partial charge in [-0.25, -0.2) is 4.98 Å². The summed E-state index contributed by atoms with van der Waals surface area (Å²) in [6.45, 7) is 1.88. The van der Waals surface area contributed by atoms with Crippen LogP contribution in [-0.4, -0.2) is 25.1 Å². The third kappa shape index (κ3) is 1.33. The number of fused-ring (bicyclic) bond motifs is 1. The highest BCUT2D eigenvalue weighted by atomic mass is 16.3.